The Morgan fingerprint density at radius 1 is 0.197 bits per heavy atom. The fourth-order valence-corrected chi connectivity index (χ4v) is 9.02. The minimum absolute atomic E-state index is 0.672. The van der Waals surface area contributed by atoms with Gasteiger partial charge in [-0.15, -0.1) is 0 Å². The number of fused-ring (bicyclic) bond motifs is 6. The number of benzene rings is 4. The van der Waals surface area contributed by atoms with Crippen molar-refractivity contribution in [3.8, 4) is 34.5 Å². The van der Waals surface area contributed by atoms with Gasteiger partial charge in [-0.2, -0.15) is 0 Å². The van der Waals surface area contributed by atoms with Gasteiger partial charge in [-0.25, -0.2) is 0 Å². The van der Waals surface area contributed by atoms with Crippen LogP contribution in [0.4, 0.5) is 0 Å². The predicted molar refractivity (Wildman–Crippen MR) is 284 cm³/mol. The van der Waals surface area contributed by atoms with Crippen LogP contribution in [0.1, 0.15) is 234 Å². The Morgan fingerprint density at radius 2 is 0.333 bits per heavy atom. The molecule has 0 atom stereocenters. The normalized spacial score (nSPS) is 11.5. The molecular weight excluding hydrogens is 817 g/mol. The second kappa shape index (κ2) is 34.7. The minimum atomic E-state index is 0.672. The molecule has 0 fully saturated rings. The third kappa shape index (κ3) is 19.6. The van der Waals surface area contributed by atoms with E-state index in [1.165, 1.54) is 154 Å². The summed E-state index contributed by atoms with van der Waals surface area (Å²) in [4.78, 5) is 0. The largest absolute Gasteiger partial charge is 0.490 e. The molecule has 66 heavy (non-hydrogen) atoms. The van der Waals surface area contributed by atoms with Crippen molar-refractivity contribution in [3.63, 3.8) is 0 Å². The molecule has 6 heteroatoms. The SMILES string of the molecule is CCCCCCCOc1cc2c3cc(OCCCCCCC)c(OCCCCCCC)cc3c3cc(OCCCCCCC)c(OCCCCCCC)cc3c2cc1OCCCCCCC. The highest BCUT2D eigenvalue weighted by atomic mass is 16.5. The van der Waals surface area contributed by atoms with Gasteiger partial charge in [0.15, 0.2) is 34.5 Å². The Hall–Kier alpha value is -3.54. The molecule has 4 rings (SSSR count). The average molecular weight is 913 g/mol. The maximum Gasteiger partial charge on any atom is 0.161 e. The fourth-order valence-electron chi connectivity index (χ4n) is 9.02. The second-order valence-electron chi connectivity index (χ2n) is 19.1. The van der Waals surface area contributed by atoms with Crippen molar-refractivity contribution in [2.45, 2.75) is 234 Å². The average Bonchev–Trinajstić information content (AvgIpc) is 3.33. The second-order valence-corrected chi connectivity index (χ2v) is 19.1. The van der Waals surface area contributed by atoms with Crippen LogP contribution in [0, 0.1) is 0 Å². The summed E-state index contributed by atoms with van der Waals surface area (Å²) in [6, 6.07) is 13.5. The summed E-state index contributed by atoms with van der Waals surface area (Å²) in [5.41, 5.74) is 0. The Morgan fingerprint density at radius 3 is 0.470 bits per heavy atom. The molecule has 0 N–H and O–H groups in total. The maximum absolute atomic E-state index is 6.73. The van der Waals surface area contributed by atoms with Gasteiger partial charge in [-0.05, 0) is 107 Å². The molecule has 0 aliphatic rings. The van der Waals surface area contributed by atoms with Crippen LogP contribution >= 0.6 is 0 Å². The van der Waals surface area contributed by atoms with E-state index in [0.29, 0.717) is 39.6 Å². The van der Waals surface area contributed by atoms with Gasteiger partial charge in [0.1, 0.15) is 0 Å². The lowest BCUT2D eigenvalue weighted by molar-refractivity contribution is 0.258. The van der Waals surface area contributed by atoms with Crippen molar-refractivity contribution in [2.75, 3.05) is 39.6 Å². The van der Waals surface area contributed by atoms with E-state index in [2.05, 4.69) is 77.9 Å². The van der Waals surface area contributed by atoms with E-state index >= 15 is 0 Å². The zero-order valence-electron chi connectivity index (χ0n) is 43.4. The Labute approximate surface area is 403 Å². The summed E-state index contributed by atoms with van der Waals surface area (Å²) in [5.74, 6) is 4.94. The fraction of sp³-hybridized carbons (Fsp3) is 0.700. The monoisotopic (exact) mass is 913 g/mol. The van der Waals surface area contributed by atoms with Gasteiger partial charge in [0.25, 0.3) is 0 Å². The van der Waals surface area contributed by atoms with Crippen LogP contribution in [-0.2, 0) is 0 Å². The molecule has 0 unspecified atom stereocenters. The van der Waals surface area contributed by atoms with Crippen molar-refractivity contribution in [1.29, 1.82) is 0 Å². The number of ether oxygens (including phenoxy) is 6. The van der Waals surface area contributed by atoms with Crippen LogP contribution in [0.25, 0.3) is 32.3 Å². The first-order valence-electron chi connectivity index (χ1n) is 27.9. The van der Waals surface area contributed by atoms with Crippen LogP contribution in [0.5, 0.6) is 34.5 Å². The molecule has 0 saturated heterocycles. The standard InChI is InChI=1S/C60H96O6/c1-7-13-19-25-31-37-61-55-43-49-50(44-56(55)62-38-32-26-20-14-8-2)52-46-58(64-40-34-28-22-16-10-4)60(66-42-36-30-24-18-12-6)48-54(52)53-47-59(65-41-35-29-23-17-11-5)57(45-51(49)53)63-39-33-27-21-15-9-3/h43-48H,7-42H2,1-6H3. The molecule has 0 heterocycles. The van der Waals surface area contributed by atoms with Crippen molar-refractivity contribution in [1.82, 2.24) is 0 Å². The Kier molecular flexibility index (Phi) is 29.0. The van der Waals surface area contributed by atoms with E-state index < -0.39 is 0 Å². The summed E-state index contributed by atoms with van der Waals surface area (Å²) in [6.07, 6.45) is 35.7. The first kappa shape index (κ1) is 55.1. The van der Waals surface area contributed by atoms with Gasteiger partial charge in [0, 0.05) is 0 Å². The highest BCUT2D eigenvalue weighted by Gasteiger charge is 2.21. The van der Waals surface area contributed by atoms with Gasteiger partial charge < -0.3 is 28.4 Å². The highest BCUT2D eigenvalue weighted by molar-refractivity contribution is 6.26. The third-order valence-electron chi connectivity index (χ3n) is 13.2. The summed E-state index contributed by atoms with van der Waals surface area (Å²) in [7, 11) is 0. The minimum Gasteiger partial charge on any atom is -0.490 e. The number of hydrogen-bond acceptors (Lipinski definition) is 6. The molecule has 0 spiro atoms. The molecule has 0 radical (unpaired) electrons. The Bertz CT molecular complexity index is 1490. The van der Waals surface area contributed by atoms with Crippen LogP contribution in [0.2, 0.25) is 0 Å². The number of unbranched alkanes of at least 4 members (excludes halogenated alkanes) is 24. The van der Waals surface area contributed by atoms with Gasteiger partial charge in [0.05, 0.1) is 39.6 Å². The lowest BCUT2D eigenvalue weighted by atomic mass is 9.93. The maximum atomic E-state index is 6.73. The first-order chi connectivity index (χ1) is 32.6. The lowest BCUT2D eigenvalue weighted by Gasteiger charge is -2.21. The molecule has 4 aromatic rings. The first-order valence-corrected chi connectivity index (χ1v) is 27.9. The van der Waals surface area contributed by atoms with Gasteiger partial charge in [-0.3, -0.25) is 0 Å². The van der Waals surface area contributed by atoms with E-state index in [1.807, 2.05) is 0 Å². The smallest absolute Gasteiger partial charge is 0.161 e. The molecule has 0 amide bonds. The van der Waals surface area contributed by atoms with Gasteiger partial charge >= 0.3 is 0 Å². The molecule has 0 saturated carbocycles. The molecule has 4 aromatic carbocycles. The summed E-state index contributed by atoms with van der Waals surface area (Å²) >= 11 is 0. The van der Waals surface area contributed by atoms with Crippen molar-refractivity contribution >= 4 is 32.3 Å². The van der Waals surface area contributed by atoms with Crippen molar-refractivity contribution < 1.29 is 28.4 Å². The molecular formula is C60H96O6. The quantitative estimate of drug-likeness (QED) is 0.0326. The van der Waals surface area contributed by atoms with Gasteiger partial charge in [0.2, 0.25) is 0 Å². The molecule has 0 bridgehead atoms. The summed E-state index contributed by atoms with van der Waals surface area (Å²) < 4.78 is 40.4. The molecule has 6 nitrogen and oxygen atoms in total. The third-order valence-corrected chi connectivity index (χ3v) is 13.2. The number of rotatable bonds is 42. The topological polar surface area (TPSA) is 55.4 Å². The molecule has 0 aromatic heterocycles. The summed E-state index contributed by atoms with van der Waals surface area (Å²) in [6.45, 7) is 17.7. The zero-order chi connectivity index (χ0) is 46.9. The highest BCUT2D eigenvalue weighted by Crippen LogP contribution is 2.47. The van der Waals surface area contributed by atoms with Crippen LogP contribution in [-0.4, -0.2) is 39.6 Å². The van der Waals surface area contributed by atoms with Crippen molar-refractivity contribution in [2.24, 2.45) is 0 Å². The summed E-state index contributed by atoms with van der Waals surface area (Å²) in [5, 5.41) is 6.77. The Balaban J connectivity index is 1.91. The zero-order valence-corrected chi connectivity index (χ0v) is 43.4. The van der Waals surface area contributed by atoms with E-state index in [-0.39, 0.29) is 0 Å². The molecule has 0 aliphatic heterocycles. The van der Waals surface area contributed by atoms with E-state index in [1.54, 1.807) is 0 Å². The van der Waals surface area contributed by atoms with E-state index in [9.17, 15) is 0 Å². The van der Waals surface area contributed by atoms with Gasteiger partial charge in [-0.1, -0.05) is 196 Å². The van der Waals surface area contributed by atoms with E-state index in [0.717, 1.165) is 105 Å². The van der Waals surface area contributed by atoms with Crippen LogP contribution < -0.4 is 28.4 Å². The van der Waals surface area contributed by atoms with Crippen molar-refractivity contribution in [3.05, 3.63) is 36.4 Å². The molecule has 0 aliphatic carbocycles. The lowest BCUT2D eigenvalue weighted by Crippen LogP contribution is -2.05. The molecule has 372 valence electrons. The van der Waals surface area contributed by atoms with Crippen LogP contribution in [0.15, 0.2) is 36.4 Å². The number of hydrogen-bond donors (Lipinski definition) is 0. The van der Waals surface area contributed by atoms with Crippen LogP contribution in [0.3, 0.4) is 0 Å². The predicted octanol–water partition coefficient (Wildman–Crippen LogP) is 19.2. The van der Waals surface area contributed by atoms with E-state index in [4.69, 9.17) is 28.4 Å².